The van der Waals surface area contributed by atoms with Gasteiger partial charge in [-0.05, 0) is 12.1 Å². The molecule has 0 aliphatic rings. The zero-order valence-corrected chi connectivity index (χ0v) is 10.9. The lowest BCUT2D eigenvalue weighted by atomic mass is 10.2. The summed E-state index contributed by atoms with van der Waals surface area (Å²) in [7, 11) is 1.48. The lowest BCUT2D eigenvalue weighted by Crippen LogP contribution is -2.07. The first-order valence-corrected chi connectivity index (χ1v) is 5.74. The molecular formula is C12H13F2N3O3. The molecule has 1 N–H and O–H groups in total. The fraction of sp³-hybridized carbons (Fsp3) is 0.333. The Kier molecular flexibility index (Phi) is 4.34. The molecule has 1 aromatic heterocycles. The molecule has 0 saturated carbocycles. The van der Waals surface area contributed by atoms with Crippen molar-refractivity contribution in [2.45, 2.75) is 20.1 Å². The maximum Gasteiger partial charge on any atom is 0.387 e. The highest BCUT2D eigenvalue weighted by molar-refractivity contribution is 5.59. The Balaban J connectivity index is 2.14. The molecule has 8 heteroatoms. The summed E-state index contributed by atoms with van der Waals surface area (Å²) in [4.78, 5) is 4.00. The van der Waals surface area contributed by atoms with E-state index in [1.807, 2.05) is 0 Å². The molecule has 20 heavy (non-hydrogen) atoms. The Morgan fingerprint density at radius 1 is 1.40 bits per heavy atom. The first-order chi connectivity index (χ1) is 9.58. The number of ether oxygens (including phenoxy) is 2. The zero-order chi connectivity index (χ0) is 14.5. The molecule has 0 unspecified atom stereocenters. The summed E-state index contributed by atoms with van der Waals surface area (Å²) in [5.74, 6) is 1.37. The Labute approximate surface area is 113 Å². The highest BCUT2D eigenvalue weighted by Gasteiger charge is 2.12. The Hall–Kier alpha value is -2.38. The molecule has 108 valence electrons. The number of hydrogen-bond donors (Lipinski definition) is 1. The number of anilines is 1. The molecule has 0 saturated heterocycles. The summed E-state index contributed by atoms with van der Waals surface area (Å²) in [6, 6.07) is 4.47. The maximum atomic E-state index is 12.3. The summed E-state index contributed by atoms with van der Waals surface area (Å²) in [5.41, 5.74) is 0.354. The molecule has 1 aromatic carbocycles. The van der Waals surface area contributed by atoms with E-state index in [0.29, 0.717) is 23.2 Å². The number of aryl methyl sites for hydroxylation is 1. The van der Waals surface area contributed by atoms with Crippen LogP contribution in [0.3, 0.4) is 0 Å². The average Bonchev–Trinajstić information content (AvgIpc) is 2.83. The highest BCUT2D eigenvalue weighted by Crippen LogP contribution is 2.30. The summed E-state index contributed by atoms with van der Waals surface area (Å²) >= 11 is 0. The molecule has 0 amide bonds. The number of alkyl halides is 2. The molecule has 6 nitrogen and oxygen atoms in total. The Morgan fingerprint density at radius 2 is 2.20 bits per heavy atom. The van der Waals surface area contributed by atoms with Gasteiger partial charge < -0.3 is 19.3 Å². The van der Waals surface area contributed by atoms with Crippen LogP contribution in [0.5, 0.6) is 11.5 Å². The molecule has 2 rings (SSSR count). The van der Waals surface area contributed by atoms with Crippen LogP contribution in [0.1, 0.15) is 11.7 Å². The van der Waals surface area contributed by atoms with E-state index < -0.39 is 6.61 Å². The van der Waals surface area contributed by atoms with Crippen molar-refractivity contribution in [3.8, 4) is 11.5 Å². The fourth-order valence-corrected chi connectivity index (χ4v) is 1.56. The maximum absolute atomic E-state index is 12.3. The number of halogens is 2. The predicted molar refractivity (Wildman–Crippen MR) is 66.0 cm³/mol. The molecule has 1 heterocycles. The van der Waals surface area contributed by atoms with Crippen molar-refractivity contribution in [2.75, 3.05) is 12.4 Å². The van der Waals surface area contributed by atoms with Gasteiger partial charge in [-0.1, -0.05) is 5.16 Å². The third-order valence-electron chi connectivity index (χ3n) is 2.41. The lowest BCUT2D eigenvalue weighted by molar-refractivity contribution is -0.0494. The molecular weight excluding hydrogens is 272 g/mol. The second-order valence-electron chi connectivity index (χ2n) is 3.82. The van der Waals surface area contributed by atoms with E-state index in [1.54, 1.807) is 13.0 Å². The van der Waals surface area contributed by atoms with Gasteiger partial charge in [0.15, 0.2) is 5.82 Å². The molecule has 0 spiro atoms. The summed E-state index contributed by atoms with van der Waals surface area (Å²) < 4.78 is 38.9. The van der Waals surface area contributed by atoms with Gasteiger partial charge in [-0.25, -0.2) is 0 Å². The van der Waals surface area contributed by atoms with Gasteiger partial charge in [-0.2, -0.15) is 13.8 Å². The van der Waals surface area contributed by atoms with Gasteiger partial charge in [0, 0.05) is 13.0 Å². The van der Waals surface area contributed by atoms with Crippen molar-refractivity contribution in [2.24, 2.45) is 0 Å². The van der Waals surface area contributed by atoms with Crippen molar-refractivity contribution in [1.82, 2.24) is 10.1 Å². The normalized spacial score (nSPS) is 10.7. The molecule has 0 radical (unpaired) electrons. The van der Waals surface area contributed by atoms with E-state index in [4.69, 9.17) is 9.26 Å². The van der Waals surface area contributed by atoms with Crippen LogP contribution in [-0.4, -0.2) is 23.9 Å². The second kappa shape index (κ2) is 6.18. The first-order valence-electron chi connectivity index (χ1n) is 5.74. The summed E-state index contributed by atoms with van der Waals surface area (Å²) in [5, 5.41) is 6.59. The monoisotopic (exact) mass is 285 g/mol. The minimum atomic E-state index is -2.91. The van der Waals surface area contributed by atoms with Gasteiger partial charge in [0.1, 0.15) is 11.5 Å². The number of aromatic nitrogens is 2. The molecule has 0 bridgehead atoms. The van der Waals surface area contributed by atoms with Gasteiger partial charge in [0.2, 0.25) is 5.89 Å². The molecule has 2 aromatic rings. The van der Waals surface area contributed by atoms with Crippen molar-refractivity contribution >= 4 is 5.69 Å². The topological polar surface area (TPSA) is 69.4 Å². The van der Waals surface area contributed by atoms with E-state index in [1.165, 1.54) is 19.2 Å². The van der Waals surface area contributed by atoms with E-state index in [2.05, 4.69) is 20.2 Å². The van der Waals surface area contributed by atoms with Crippen LogP contribution < -0.4 is 14.8 Å². The Morgan fingerprint density at radius 3 is 2.80 bits per heavy atom. The minimum absolute atomic E-state index is 0.0148. The second-order valence-corrected chi connectivity index (χ2v) is 3.82. The van der Waals surface area contributed by atoms with Crippen LogP contribution in [0.2, 0.25) is 0 Å². The number of nitrogens with one attached hydrogen (secondary N) is 1. The third kappa shape index (κ3) is 3.56. The number of rotatable bonds is 6. The molecule has 0 atom stereocenters. The van der Waals surface area contributed by atoms with Gasteiger partial charge in [-0.3, -0.25) is 0 Å². The van der Waals surface area contributed by atoms with Gasteiger partial charge in [0.05, 0.1) is 19.3 Å². The molecule has 0 aliphatic heterocycles. The zero-order valence-electron chi connectivity index (χ0n) is 10.9. The predicted octanol–water partition coefficient (Wildman–Crippen LogP) is 2.60. The van der Waals surface area contributed by atoms with Crippen molar-refractivity contribution in [1.29, 1.82) is 0 Å². The largest absolute Gasteiger partial charge is 0.497 e. The highest BCUT2D eigenvalue weighted by atomic mass is 19.3. The van der Waals surface area contributed by atoms with Crippen LogP contribution in [0, 0.1) is 6.92 Å². The fourth-order valence-electron chi connectivity index (χ4n) is 1.56. The summed E-state index contributed by atoms with van der Waals surface area (Å²) in [6.45, 7) is -1.03. The number of methoxy groups -OCH3 is 1. The number of nitrogens with zero attached hydrogens (tertiary/aromatic N) is 2. The number of benzene rings is 1. The van der Waals surface area contributed by atoms with E-state index in [0.717, 1.165) is 0 Å². The van der Waals surface area contributed by atoms with E-state index >= 15 is 0 Å². The smallest absolute Gasteiger partial charge is 0.387 e. The minimum Gasteiger partial charge on any atom is -0.497 e. The first kappa shape index (κ1) is 14.0. The molecule has 0 aliphatic carbocycles. The third-order valence-corrected chi connectivity index (χ3v) is 2.41. The SMILES string of the molecule is COc1ccc(OC(F)F)c(NCc2noc(C)n2)c1. The summed E-state index contributed by atoms with van der Waals surface area (Å²) in [6.07, 6.45) is 0. The van der Waals surface area contributed by atoms with Crippen LogP contribution in [0.25, 0.3) is 0 Å². The van der Waals surface area contributed by atoms with Crippen LogP contribution in [0.4, 0.5) is 14.5 Å². The standard InChI is InChI=1S/C12H13F2N3O3/c1-7-16-11(17-20-7)6-15-9-5-8(18-2)3-4-10(9)19-12(13)14/h3-5,12,15H,6H2,1-2H3. The van der Waals surface area contributed by atoms with Crippen LogP contribution >= 0.6 is 0 Å². The van der Waals surface area contributed by atoms with Crippen LogP contribution in [0.15, 0.2) is 22.7 Å². The van der Waals surface area contributed by atoms with Gasteiger partial charge in [-0.15, -0.1) is 0 Å². The molecule has 0 fully saturated rings. The van der Waals surface area contributed by atoms with E-state index in [-0.39, 0.29) is 12.3 Å². The Bertz CT molecular complexity index is 575. The lowest BCUT2D eigenvalue weighted by Gasteiger charge is -2.13. The van der Waals surface area contributed by atoms with Gasteiger partial charge >= 0.3 is 6.61 Å². The average molecular weight is 285 g/mol. The van der Waals surface area contributed by atoms with Crippen molar-refractivity contribution in [3.05, 3.63) is 29.9 Å². The van der Waals surface area contributed by atoms with E-state index in [9.17, 15) is 8.78 Å². The quantitative estimate of drug-likeness (QED) is 0.879. The number of hydrogen-bond acceptors (Lipinski definition) is 6. The van der Waals surface area contributed by atoms with Crippen molar-refractivity contribution in [3.63, 3.8) is 0 Å². The van der Waals surface area contributed by atoms with Crippen molar-refractivity contribution < 1.29 is 22.8 Å². The van der Waals surface area contributed by atoms with Crippen LogP contribution in [-0.2, 0) is 6.54 Å². The van der Waals surface area contributed by atoms with Gasteiger partial charge in [0.25, 0.3) is 0 Å².